The van der Waals surface area contributed by atoms with E-state index >= 15 is 0 Å². The molecular weight excluding hydrogens is 361 g/mol. The van der Waals surface area contributed by atoms with Gasteiger partial charge in [0.1, 0.15) is 11.6 Å². The van der Waals surface area contributed by atoms with Gasteiger partial charge in [-0.05, 0) is 48.9 Å². The summed E-state index contributed by atoms with van der Waals surface area (Å²) < 4.78 is 23.9. The van der Waals surface area contributed by atoms with Crippen LogP contribution in [0.5, 0.6) is 5.75 Å². The molecule has 1 unspecified atom stereocenters. The number of halogens is 1. The number of carbonyl (C=O) groups excluding carboxylic acids is 1. The van der Waals surface area contributed by atoms with Gasteiger partial charge in [0.15, 0.2) is 0 Å². The number of amides is 1. The third kappa shape index (κ3) is 3.88. The van der Waals surface area contributed by atoms with Gasteiger partial charge in [-0.3, -0.25) is 4.79 Å². The number of hydrogen-bond acceptors (Lipinski definition) is 5. The summed E-state index contributed by atoms with van der Waals surface area (Å²) in [5, 5.41) is 3.97. The van der Waals surface area contributed by atoms with Crippen molar-refractivity contribution < 1.29 is 18.4 Å². The standard InChI is InChI=1S/C21H20FN3O3/c1-2-27-18-9-3-14(4-10-18)12-25-13-16(11-19(25)26)21-23-20(24-28-21)15-5-7-17(22)8-6-15/h3-10,16H,2,11-13H2,1H3. The molecule has 0 bridgehead atoms. The summed E-state index contributed by atoms with van der Waals surface area (Å²) in [5.74, 6) is 1.24. The van der Waals surface area contributed by atoms with Crippen LogP contribution in [0.4, 0.5) is 4.39 Å². The van der Waals surface area contributed by atoms with Crippen molar-refractivity contribution in [1.82, 2.24) is 15.0 Å². The summed E-state index contributed by atoms with van der Waals surface area (Å²) in [4.78, 5) is 18.6. The SMILES string of the molecule is CCOc1ccc(CN2CC(c3nc(-c4ccc(F)cc4)no3)CC2=O)cc1. The molecule has 0 saturated carbocycles. The highest BCUT2D eigenvalue weighted by atomic mass is 19.1. The number of aromatic nitrogens is 2. The van der Waals surface area contributed by atoms with E-state index in [2.05, 4.69) is 10.1 Å². The molecule has 1 aliphatic heterocycles. The van der Waals surface area contributed by atoms with Crippen LogP contribution in [0.25, 0.3) is 11.4 Å². The Bertz CT molecular complexity index is 954. The van der Waals surface area contributed by atoms with Gasteiger partial charge >= 0.3 is 0 Å². The van der Waals surface area contributed by atoms with Gasteiger partial charge in [0.05, 0.1) is 12.5 Å². The molecule has 0 spiro atoms. The van der Waals surface area contributed by atoms with E-state index < -0.39 is 0 Å². The Kier molecular flexibility index (Phi) is 5.06. The monoisotopic (exact) mass is 381 g/mol. The zero-order chi connectivity index (χ0) is 19.5. The van der Waals surface area contributed by atoms with Gasteiger partial charge in [-0.25, -0.2) is 4.39 Å². The van der Waals surface area contributed by atoms with Crippen molar-refractivity contribution in [2.75, 3.05) is 13.2 Å². The van der Waals surface area contributed by atoms with E-state index in [0.717, 1.165) is 11.3 Å². The third-order valence-corrected chi connectivity index (χ3v) is 4.72. The quantitative estimate of drug-likeness (QED) is 0.650. The number of ether oxygens (including phenoxy) is 1. The molecule has 0 radical (unpaired) electrons. The highest BCUT2D eigenvalue weighted by Crippen LogP contribution is 2.30. The second kappa shape index (κ2) is 7.80. The maximum absolute atomic E-state index is 13.1. The Labute approximate surface area is 161 Å². The molecule has 0 N–H and O–H groups in total. The van der Waals surface area contributed by atoms with Gasteiger partial charge < -0.3 is 14.2 Å². The fraction of sp³-hybridized carbons (Fsp3) is 0.286. The highest BCUT2D eigenvalue weighted by molar-refractivity contribution is 5.79. The van der Waals surface area contributed by atoms with Crippen molar-refractivity contribution in [3.8, 4) is 17.1 Å². The van der Waals surface area contributed by atoms with Crippen molar-refractivity contribution in [2.24, 2.45) is 0 Å². The maximum Gasteiger partial charge on any atom is 0.232 e. The van der Waals surface area contributed by atoms with Crippen LogP contribution in [0.1, 0.15) is 30.7 Å². The van der Waals surface area contributed by atoms with E-state index in [-0.39, 0.29) is 17.6 Å². The van der Waals surface area contributed by atoms with Crippen molar-refractivity contribution >= 4 is 5.91 Å². The minimum atomic E-state index is -0.321. The van der Waals surface area contributed by atoms with E-state index in [4.69, 9.17) is 9.26 Å². The Morgan fingerprint density at radius 3 is 2.64 bits per heavy atom. The summed E-state index contributed by atoms with van der Waals surface area (Å²) in [6.45, 7) is 3.61. The van der Waals surface area contributed by atoms with Crippen LogP contribution in [0, 0.1) is 5.82 Å². The van der Waals surface area contributed by atoms with Crippen LogP contribution in [-0.2, 0) is 11.3 Å². The summed E-state index contributed by atoms with van der Waals surface area (Å²) >= 11 is 0. The fourth-order valence-electron chi connectivity index (χ4n) is 3.29. The molecule has 0 aliphatic carbocycles. The largest absolute Gasteiger partial charge is 0.494 e. The Balaban J connectivity index is 1.42. The Hall–Kier alpha value is -3.22. The minimum absolute atomic E-state index is 0.0559. The van der Waals surface area contributed by atoms with Gasteiger partial charge in [0, 0.05) is 25.1 Å². The van der Waals surface area contributed by atoms with Crippen molar-refractivity contribution in [3.63, 3.8) is 0 Å². The van der Waals surface area contributed by atoms with Crippen LogP contribution in [0.15, 0.2) is 53.1 Å². The van der Waals surface area contributed by atoms with Crippen LogP contribution in [0.2, 0.25) is 0 Å². The molecule has 6 nitrogen and oxygen atoms in total. The van der Waals surface area contributed by atoms with Crippen LogP contribution in [-0.4, -0.2) is 34.1 Å². The molecule has 2 heterocycles. The van der Waals surface area contributed by atoms with E-state index in [1.165, 1.54) is 12.1 Å². The zero-order valence-corrected chi connectivity index (χ0v) is 15.5. The molecule has 1 saturated heterocycles. The number of benzene rings is 2. The highest BCUT2D eigenvalue weighted by Gasteiger charge is 2.34. The molecule has 4 rings (SSSR count). The summed E-state index contributed by atoms with van der Waals surface area (Å²) in [5.41, 5.74) is 1.71. The summed E-state index contributed by atoms with van der Waals surface area (Å²) in [7, 11) is 0. The number of rotatable bonds is 6. The first-order chi connectivity index (χ1) is 13.6. The van der Waals surface area contributed by atoms with Crippen LogP contribution in [0.3, 0.4) is 0 Å². The molecule has 7 heteroatoms. The first kappa shape index (κ1) is 18.2. The molecule has 1 amide bonds. The van der Waals surface area contributed by atoms with Gasteiger partial charge in [0.2, 0.25) is 17.6 Å². The first-order valence-electron chi connectivity index (χ1n) is 9.21. The van der Waals surface area contributed by atoms with Gasteiger partial charge in [0.25, 0.3) is 0 Å². The second-order valence-corrected chi connectivity index (χ2v) is 6.72. The first-order valence-corrected chi connectivity index (χ1v) is 9.21. The average molecular weight is 381 g/mol. The molecule has 2 aromatic carbocycles. The van der Waals surface area contributed by atoms with Crippen LogP contribution >= 0.6 is 0 Å². The van der Waals surface area contributed by atoms with Crippen LogP contribution < -0.4 is 4.74 Å². The molecule has 1 aliphatic rings. The lowest BCUT2D eigenvalue weighted by molar-refractivity contribution is -0.128. The topological polar surface area (TPSA) is 68.5 Å². The third-order valence-electron chi connectivity index (χ3n) is 4.72. The van der Waals surface area contributed by atoms with E-state index in [1.807, 2.05) is 31.2 Å². The predicted molar refractivity (Wildman–Crippen MR) is 100 cm³/mol. The molecule has 1 fully saturated rings. The number of nitrogens with zero attached hydrogens (tertiary/aromatic N) is 3. The van der Waals surface area contributed by atoms with Crippen molar-refractivity contribution in [2.45, 2.75) is 25.8 Å². The molecule has 1 atom stereocenters. The molecule has 28 heavy (non-hydrogen) atoms. The predicted octanol–water partition coefficient (Wildman–Crippen LogP) is 3.79. The Morgan fingerprint density at radius 1 is 1.18 bits per heavy atom. The summed E-state index contributed by atoms with van der Waals surface area (Å²) in [6, 6.07) is 13.6. The van der Waals surface area contributed by atoms with Gasteiger partial charge in [-0.2, -0.15) is 4.98 Å². The van der Waals surface area contributed by atoms with Crippen molar-refractivity contribution in [1.29, 1.82) is 0 Å². The lowest BCUT2D eigenvalue weighted by Crippen LogP contribution is -2.24. The average Bonchev–Trinajstić information content (AvgIpc) is 3.32. The maximum atomic E-state index is 13.1. The summed E-state index contributed by atoms with van der Waals surface area (Å²) in [6.07, 6.45) is 0.335. The van der Waals surface area contributed by atoms with E-state index in [0.29, 0.717) is 43.4 Å². The molecule has 3 aromatic rings. The minimum Gasteiger partial charge on any atom is -0.494 e. The van der Waals surface area contributed by atoms with Crippen molar-refractivity contribution in [3.05, 3.63) is 65.8 Å². The number of carbonyl (C=O) groups is 1. The smallest absolute Gasteiger partial charge is 0.232 e. The van der Waals surface area contributed by atoms with Gasteiger partial charge in [-0.15, -0.1) is 0 Å². The number of likely N-dealkylation sites (tertiary alicyclic amines) is 1. The molecule has 144 valence electrons. The second-order valence-electron chi connectivity index (χ2n) is 6.72. The Morgan fingerprint density at radius 2 is 1.93 bits per heavy atom. The lowest BCUT2D eigenvalue weighted by Gasteiger charge is -2.16. The van der Waals surface area contributed by atoms with E-state index in [9.17, 15) is 9.18 Å². The molecule has 1 aromatic heterocycles. The zero-order valence-electron chi connectivity index (χ0n) is 15.5. The van der Waals surface area contributed by atoms with Gasteiger partial charge in [-0.1, -0.05) is 17.3 Å². The normalized spacial score (nSPS) is 16.6. The fourth-order valence-corrected chi connectivity index (χ4v) is 3.29. The van der Waals surface area contributed by atoms with E-state index in [1.54, 1.807) is 17.0 Å². The molecular formula is C21H20FN3O3. The number of hydrogen-bond donors (Lipinski definition) is 0. The lowest BCUT2D eigenvalue weighted by atomic mass is 10.1.